The van der Waals surface area contributed by atoms with Gasteiger partial charge in [0.05, 0.1) is 6.20 Å². The van der Waals surface area contributed by atoms with Gasteiger partial charge in [-0.3, -0.25) is 9.78 Å². The van der Waals surface area contributed by atoms with Gasteiger partial charge in [-0.25, -0.2) is 0 Å². The third-order valence-electron chi connectivity index (χ3n) is 1.52. The van der Waals surface area contributed by atoms with Crippen LogP contribution in [0.3, 0.4) is 0 Å². The average molecular weight is 162 g/mol. The summed E-state index contributed by atoms with van der Waals surface area (Å²) in [5.41, 5.74) is -0.0745. The quantitative estimate of drug-likeness (QED) is 0.483. The van der Waals surface area contributed by atoms with Crippen LogP contribution in [-0.4, -0.2) is 9.55 Å². The largest absolute Gasteiger partial charge is 0.313 e. The van der Waals surface area contributed by atoms with Crippen LogP contribution in [0.5, 0.6) is 0 Å². The van der Waals surface area contributed by atoms with E-state index in [2.05, 4.69) is 10.9 Å². The van der Waals surface area contributed by atoms with Crippen molar-refractivity contribution < 1.29 is 0 Å². The molecule has 0 fully saturated rings. The van der Waals surface area contributed by atoms with E-state index in [1.54, 1.807) is 17.0 Å². The Hall–Kier alpha value is -1.56. The first-order chi connectivity index (χ1) is 5.84. The Bertz CT molecular complexity index is 335. The molecule has 0 amide bonds. The molecule has 0 aliphatic carbocycles. The molecule has 62 valence electrons. The Morgan fingerprint density at radius 1 is 1.67 bits per heavy atom. The second kappa shape index (κ2) is 4.35. The summed E-state index contributed by atoms with van der Waals surface area (Å²) < 4.78 is 1.60. The van der Waals surface area contributed by atoms with Gasteiger partial charge in [-0.05, 0) is 6.42 Å². The van der Waals surface area contributed by atoms with Crippen LogP contribution in [-0.2, 0) is 6.54 Å². The van der Waals surface area contributed by atoms with Gasteiger partial charge in [-0.2, -0.15) is 0 Å². The Morgan fingerprint density at radius 3 is 3.17 bits per heavy atom. The molecule has 1 aromatic rings. The van der Waals surface area contributed by atoms with E-state index < -0.39 is 0 Å². The van der Waals surface area contributed by atoms with Crippen molar-refractivity contribution in [3.8, 4) is 12.3 Å². The van der Waals surface area contributed by atoms with E-state index in [1.165, 1.54) is 6.20 Å². The van der Waals surface area contributed by atoms with Gasteiger partial charge in [0.25, 0.3) is 5.56 Å². The maximum Gasteiger partial charge on any atom is 0.268 e. The van der Waals surface area contributed by atoms with Crippen LogP contribution in [0.15, 0.2) is 23.4 Å². The summed E-state index contributed by atoms with van der Waals surface area (Å²) in [5, 5.41) is 0. The minimum absolute atomic E-state index is 0.0745. The number of aromatic nitrogens is 2. The number of aryl methyl sites for hydroxylation is 1. The molecular weight excluding hydrogens is 152 g/mol. The highest BCUT2D eigenvalue weighted by Gasteiger charge is 1.91. The number of hydrogen-bond acceptors (Lipinski definition) is 2. The molecule has 1 heterocycles. The molecule has 3 nitrogen and oxygen atoms in total. The van der Waals surface area contributed by atoms with Crippen LogP contribution < -0.4 is 5.56 Å². The van der Waals surface area contributed by atoms with Gasteiger partial charge in [-0.15, -0.1) is 12.3 Å². The third kappa shape index (κ3) is 2.24. The molecule has 0 aromatic carbocycles. The highest BCUT2D eigenvalue weighted by atomic mass is 16.1. The first-order valence-electron chi connectivity index (χ1n) is 3.78. The lowest BCUT2D eigenvalue weighted by molar-refractivity contribution is 0.628. The van der Waals surface area contributed by atoms with Gasteiger partial charge < -0.3 is 4.57 Å². The smallest absolute Gasteiger partial charge is 0.268 e. The minimum atomic E-state index is -0.0745. The lowest BCUT2D eigenvalue weighted by Crippen LogP contribution is -2.18. The maximum atomic E-state index is 11.1. The number of hydrogen-bond donors (Lipinski definition) is 0. The Morgan fingerprint density at radius 2 is 2.50 bits per heavy atom. The van der Waals surface area contributed by atoms with Gasteiger partial charge in [-0.1, -0.05) is 0 Å². The Balaban J connectivity index is 2.59. The second-order valence-corrected chi connectivity index (χ2v) is 2.42. The minimum Gasteiger partial charge on any atom is -0.313 e. The molecule has 1 aromatic heterocycles. The van der Waals surface area contributed by atoms with Gasteiger partial charge in [0, 0.05) is 25.4 Å². The first kappa shape index (κ1) is 8.54. The SMILES string of the molecule is C#CCCCn1ccncc1=O. The third-order valence-corrected chi connectivity index (χ3v) is 1.52. The Kier molecular flexibility index (Phi) is 3.09. The summed E-state index contributed by atoms with van der Waals surface area (Å²) in [4.78, 5) is 14.8. The molecule has 3 heteroatoms. The lowest BCUT2D eigenvalue weighted by atomic mass is 10.3. The topological polar surface area (TPSA) is 34.9 Å². The molecule has 0 bridgehead atoms. The van der Waals surface area contributed by atoms with Crippen molar-refractivity contribution in [1.82, 2.24) is 9.55 Å². The highest BCUT2D eigenvalue weighted by Crippen LogP contribution is 1.89. The molecule has 0 N–H and O–H groups in total. The summed E-state index contributed by atoms with van der Waals surface area (Å²) >= 11 is 0. The van der Waals surface area contributed by atoms with Crippen molar-refractivity contribution in [3.63, 3.8) is 0 Å². The number of nitrogens with zero attached hydrogens (tertiary/aromatic N) is 2. The van der Waals surface area contributed by atoms with Crippen molar-refractivity contribution in [3.05, 3.63) is 28.9 Å². The van der Waals surface area contributed by atoms with Crippen molar-refractivity contribution in [2.45, 2.75) is 19.4 Å². The molecule has 0 radical (unpaired) electrons. The maximum absolute atomic E-state index is 11.1. The molecule has 0 unspecified atom stereocenters. The molecule has 0 aliphatic heterocycles. The molecule has 12 heavy (non-hydrogen) atoms. The fourth-order valence-corrected chi connectivity index (χ4v) is 0.910. The summed E-state index contributed by atoms with van der Waals surface area (Å²) in [7, 11) is 0. The Labute approximate surface area is 71.1 Å². The average Bonchev–Trinajstić information content (AvgIpc) is 2.09. The van der Waals surface area contributed by atoms with Crippen LogP contribution in [0.1, 0.15) is 12.8 Å². The first-order valence-corrected chi connectivity index (χ1v) is 3.78. The van der Waals surface area contributed by atoms with Crippen molar-refractivity contribution in [1.29, 1.82) is 0 Å². The van der Waals surface area contributed by atoms with E-state index in [0.717, 1.165) is 6.42 Å². The molecule has 0 spiro atoms. The summed E-state index contributed by atoms with van der Waals surface area (Å²) in [5.74, 6) is 2.53. The molecule has 0 atom stereocenters. The standard InChI is InChI=1S/C9H10N2O/c1-2-3-4-6-11-7-5-10-8-9(11)12/h1,5,7-8H,3-4,6H2. The van der Waals surface area contributed by atoms with Crippen molar-refractivity contribution in [2.75, 3.05) is 0 Å². The van der Waals surface area contributed by atoms with E-state index in [0.29, 0.717) is 13.0 Å². The van der Waals surface area contributed by atoms with Gasteiger partial charge in [0.15, 0.2) is 0 Å². The predicted octanol–water partition coefficient (Wildman–Crippen LogP) is 0.657. The zero-order chi connectivity index (χ0) is 8.81. The molecule has 0 saturated carbocycles. The molecule has 1 rings (SSSR count). The summed E-state index contributed by atoms with van der Waals surface area (Å²) in [6.07, 6.45) is 11.2. The van der Waals surface area contributed by atoms with Gasteiger partial charge in [0.2, 0.25) is 0 Å². The van der Waals surface area contributed by atoms with Crippen LogP contribution in [0, 0.1) is 12.3 Å². The fourth-order valence-electron chi connectivity index (χ4n) is 0.910. The zero-order valence-corrected chi connectivity index (χ0v) is 6.73. The van der Waals surface area contributed by atoms with Crippen LogP contribution in [0.2, 0.25) is 0 Å². The number of rotatable bonds is 3. The van der Waals surface area contributed by atoms with Gasteiger partial charge in [0.1, 0.15) is 0 Å². The van der Waals surface area contributed by atoms with E-state index in [4.69, 9.17) is 6.42 Å². The fraction of sp³-hybridized carbons (Fsp3) is 0.333. The molecule has 0 aliphatic rings. The lowest BCUT2D eigenvalue weighted by Gasteiger charge is -2.00. The van der Waals surface area contributed by atoms with Crippen LogP contribution >= 0.6 is 0 Å². The highest BCUT2D eigenvalue weighted by molar-refractivity contribution is 4.84. The van der Waals surface area contributed by atoms with E-state index in [-0.39, 0.29) is 5.56 Å². The normalized spacial score (nSPS) is 9.25. The molecular formula is C9H10N2O. The van der Waals surface area contributed by atoms with Crippen molar-refractivity contribution in [2.24, 2.45) is 0 Å². The van der Waals surface area contributed by atoms with E-state index >= 15 is 0 Å². The van der Waals surface area contributed by atoms with Gasteiger partial charge >= 0.3 is 0 Å². The number of terminal acetylenes is 1. The monoisotopic (exact) mass is 162 g/mol. The van der Waals surface area contributed by atoms with Crippen molar-refractivity contribution >= 4 is 0 Å². The summed E-state index contributed by atoms with van der Waals surface area (Å²) in [6.45, 7) is 0.672. The van der Waals surface area contributed by atoms with Crippen LogP contribution in [0.25, 0.3) is 0 Å². The van der Waals surface area contributed by atoms with E-state index in [1.807, 2.05) is 0 Å². The second-order valence-electron chi connectivity index (χ2n) is 2.42. The van der Waals surface area contributed by atoms with E-state index in [9.17, 15) is 4.79 Å². The zero-order valence-electron chi connectivity index (χ0n) is 6.73. The number of unbranched alkanes of at least 4 members (excludes halogenated alkanes) is 1. The predicted molar refractivity (Wildman–Crippen MR) is 46.6 cm³/mol. The van der Waals surface area contributed by atoms with Crippen LogP contribution in [0.4, 0.5) is 0 Å². The molecule has 0 saturated heterocycles. The summed E-state index contributed by atoms with van der Waals surface area (Å²) in [6, 6.07) is 0.